The molecule has 0 aliphatic rings. The monoisotopic (exact) mass is 232 g/mol. The van der Waals surface area contributed by atoms with Gasteiger partial charge in [-0.05, 0) is 18.6 Å². The molecule has 6 heteroatoms. The van der Waals surface area contributed by atoms with E-state index in [4.69, 9.17) is 5.73 Å². The van der Waals surface area contributed by atoms with Crippen LogP contribution in [0.1, 0.15) is 11.1 Å². The second-order valence-corrected chi connectivity index (χ2v) is 3.79. The van der Waals surface area contributed by atoms with Crippen molar-refractivity contribution in [2.45, 2.75) is 13.5 Å². The molecular formula is C11H12N4O2. The third kappa shape index (κ3) is 2.41. The SMILES string of the molecule is Cc1cn(Cc2ccc(N)nc2)c(=O)[nH]c1=O. The molecule has 2 aromatic heterocycles. The van der Waals surface area contributed by atoms with Gasteiger partial charge >= 0.3 is 5.69 Å². The minimum absolute atomic E-state index is 0.351. The fourth-order valence-electron chi connectivity index (χ4n) is 1.46. The Morgan fingerprint density at radius 2 is 2.18 bits per heavy atom. The molecule has 0 unspecified atom stereocenters. The van der Waals surface area contributed by atoms with E-state index < -0.39 is 5.69 Å². The number of rotatable bonds is 2. The summed E-state index contributed by atoms with van der Waals surface area (Å²) >= 11 is 0. The van der Waals surface area contributed by atoms with Gasteiger partial charge in [-0.1, -0.05) is 6.07 Å². The Balaban J connectivity index is 2.36. The minimum Gasteiger partial charge on any atom is -0.384 e. The van der Waals surface area contributed by atoms with Gasteiger partial charge in [-0.15, -0.1) is 0 Å². The number of nitrogen functional groups attached to an aromatic ring is 1. The molecule has 3 N–H and O–H groups in total. The normalized spacial score (nSPS) is 10.4. The molecule has 2 aromatic rings. The molecule has 6 nitrogen and oxygen atoms in total. The van der Waals surface area contributed by atoms with Crippen molar-refractivity contribution in [3.8, 4) is 0 Å². The van der Waals surface area contributed by atoms with E-state index in [1.165, 1.54) is 10.8 Å². The lowest BCUT2D eigenvalue weighted by Crippen LogP contribution is -2.31. The second-order valence-electron chi connectivity index (χ2n) is 3.79. The van der Waals surface area contributed by atoms with Crippen LogP contribution >= 0.6 is 0 Å². The summed E-state index contributed by atoms with van der Waals surface area (Å²) in [6.07, 6.45) is 3.12. The minimum atomic E-state index is -0.433. The zero-order valence-electron chi connectivity index (χ0n) is 9.30. The van der Waals surface area contributed by atoms with Gasteiger partial charge in [0.25, 0.3) is 5.56 Å². The molecule has 88 valence electrons. The second kappa shape index (κ2) is 4.25. The van der Waals surface area contributed by atoms with Crippen molar-refractivity contribution in [3.63, 3.8) is 0 Å². The van der Waals surface area contributed by atoms with Gasteiger partial charge in [0, 0.05) is 18.0 Å². The summed E-state index contributed by atoms with van der Waals surface area (Å²) in [6, 6.07) is 3.45. The van der Waals surface area contributed by atoms with E-state index >= 15 is 0 Å². The summed E-state index contributed by atoms with van der Waals surface area (Å²) in [5.74, 6) is 0.429. The molecule has 0 spiro atoms. The van der Waals surface area contributed by atoms with Gasteiger partial charge in [0.2, 0.25) is 0 Å². The average molecular weight is 232 g/mol. The molecular weight excluding hydrogens is 220 g/mol. The first-order valence-corrected chi connectivity index (χ1v) is 5.07. The number of hydrogen-bond acceptors (Lipinski definition) is 4. The van der Waals surface area contributed by atoms with Gasteiger partial charge in [-0.3, -0.25) is 14.3 Å². The maximum absolute atomic E-state index is 11.5. The van der Waals surface area contributed by atoms with E-state index in [0.717, 1.165) is 5.56 Å². The number of nitrogens with zero attached hydrogens (tertiary/aromatic N) is 2. The van der Waals surface area contributed by atoms with Gasteiger partial charge < -0.3 is 5.73 Å². The number of anilines is 1. The van der Waals surface area contributed by atoms with Gasteiger partial charge in [-0.25, -0.2) is 9.78 Å². The zero-order chi connectivity index (χ0) is 12.4. The Kier molecular flexibility index (Phi) is 2.78. The van der Waals surface area contributed by atoms with Crippen LogP contribution in [-0.2, 0) is 6.54 Å². The summed E-state index contributed by atoms with van der Waals surface area (Å²) in [6.45, 7) is 2.00. The predicted molar refractivity (Wildman–Crippen MR) is 63.8 cm³/mol. The highest BCUT2D eigenvalue weighted by Gasteiger charge is 2.02. The molecule has 2 heterocycles. The van der Waals surface area contributed by atoms with Crippen LogP contribution in [0.2, 0.25) is 0 Å². The van der Waals surface area contributed by atoms with Crippen LogP contribution in [0.3, 0.4) is 0 Å². The lowest BCUT2D eigenvalue weighted by molar-refractivity contribution is 0.711. The quantitative estimate of drug-likeness (QED) is 0.754. The number of aromatic nitrogens is 3. The van der Waals surface area contributed by atoms with Crippen molar-refractivity contribution in [3.05, 3.63) is 56.5 Å². The van der Waals surface area contributed by atoms with E-state index in [9.17, 15) is 9.59 Å². The highest BCUT2D eigenvalue weighted by molar-refractivity contribution is 5.29. The third-order valence-corrected chi connectivity index (χ3v) is 2.39. The first-order chi connectivity index (χ1) is 8.06. The van der Waals surface area contributed by atoms with Crippen LogP contribution in [0.15, 0.2) is 34.1 Å². The van der Waals surface area contributed by atoms with Crippen molar-refractivity contribution >= 4 is 5.82 Å². The fourth-order valence-corrected chi connectivity index (χ4v) is 1.46. The van der Waals surface area contributed by atoms with E-state index in [-0.39, 0.29) is 5.56 Å². The van der Waals surface area contributed by atoms with Crippen LogP contribution in [0, 0.1) is 6.92 Å². The number of aryl methyl sites for hydroxylation is 1. The number of aromatic amines is 1. The Morgan fingerprint density at radius 3 is 2.82 bits per heavy atom. The predicted octanol–water partition coefficient (Wildman–Crippen LogP) is -0.129. The first-order valence-electron chi connectivity index (χ1n) is 5.07. The molecule has 0 saturated carbocycles. The van der Waals surface area contributed by atoms with Gasteiger partial charge in [0.05, 0.1) is 6.54 Å². The van der Waals surface area contributed by atoms with E-state index in [2.05, 4.69) is 9.97 Å². The standard InChI is InChI=1S/C11H12N4O2/c1-7-5-15(11(17)14-10(7)16)6-8-2-3-9(12)13-4-8/h2-5H,6H2,1H3,(H2,12,13)(H,14,16,17). The molecule has 0 fully saturated rings. The molecule has 0 saturated heterocycles. The van der Waals surface area contributed by atoms with Crippen molar-refractivity contribution in [2.75, 3.05) is 5.73 Å². The Morgan fingerprint density at radius 1 is 1.41 bits per heavy atom. The lowest BCUT2D eigenvalue weighted by Gasteiger charge is -2.05. The maximum Gasteiger partial charge on any atom is 0.328 e. The summed E-state index contributed by atoms with van der Waals surface area (Å²) in [7, 11) is 0. The topological polar surface area (TPSA) is 93.8 Å². The molecule has 0 aliphatic carbocycles. The molecule has 17 heavy (non-hydrogen) atoms. The zero-order valence-corrected chi connectivity index (χ0v) is 9.30. The number of nitrogens with two attached hydrogens (primary N) is 1. The summed E-state index contributed by atoms with van der Waals surface area (Å²) < 4.78 is 1.42. The van der Waals surface area contributed by atoms with Crippen molar-refractivity contribution in [2.24, 2.45) is 0 Å². The van der Waals surface area contributed by atoms with Crippen molar-refractivity contribution in [1.29, 1.82) is 0 Å². The molecule has 0 aromatic carbocycles. The number of pyridine rings is 1. The Hall–Kier alpha value is -2.37. The Bertz CT molecular complexity index is 640. The van der Waals surface area contributed by atoms with Crippen LogP contribution < -0.4 is 17.0 Å². The lowest BCUT2D eigenvalue weighted by atomic mass is 10.2. The Labute approximate surface area is 96.8 Å². The van der Waals surface area contributed by atoms with E-state index in [1.807, 2.05) is 0 Å². The average Bonchev–Trinajstić information content (AvgIpc) is 2.29. The number of nitrogens with one attached hydrogen (secondary N) is 1. The smallest absolute Gasteiger partial charge is 0.328 e. The first kappa shape index (κ1) is 11.1. The van der Waals surface area contributed by atoms with Gasteiger partial charge in [0.15, 0.2) is 0 Å². The highest BCUT2D eigenvalue weighted by Crippen LogP contribution is 2.02. The number of hydrogen-bond donors (Lipinski definition) is 2. The van der Waals surface area contributed by atoms with E-state index in [1.54, 1.807) is 25.3 Å². The van der Waals surface area contributed by atoms with Crippen molar-refractivity contribution < 1.29 is 0 Å². The molecule has 0 bridgehead atoms. The molecule has 0 radical (unpaired) electrons. The van der Waals surface area contributed by atoms with Crippen molar-refractivity contribution in [1.82, 2.24) is 14.5 Å². The van der Waals surface area contributed by atoms with Crippen LogP contribution in [0.4, 0.5) is 5.82 Å². The molecule has 0 aliphatic heterocycles. The summed E-state index contributed by atoms with van der Waals surface area (Å²) in [5, 5.41) is 0. The third-order valence-electron chi connectivity index (χ3n) is 2.39. The summed E-state index contributed by atoms with van der Waals surface area (Å²) in [4.78, 5) is 28.9. The van der Waals surface area contributed by atoms with Gasteiger partial charge in [0.1, 0.15) is 5.82 Å². The molecule has 2 rings (SSSR count). The van der Waals surface area contributed by atoms with E-state index in [0.29, 0.717) is 17.9 Å². The van der Waals surface area contributed by atoms with Crippen LogP contribution in [0.25, 0.3) is 0 Å². The summed E-state index contributed by atoms with van der Waals surface area (Å²) in [5.41, 5.74) is 6.01. The maximum atomic E-state index is 11.5. The highest BCUT2D eigenvalue weighted by atomic mass is 16.2. The molecule has 0 amide bonds. The van der Waals surface area contributed by atoms with Crippen LogP contribution in [0.5, 0.6) is 0 Å². The largest absolute Gasteiger partial charge is 0.384 e. The van der Waals surface area contributed by atoms with Crippen LogP contribution in [-0.4, -0.2) is 14.5 Å². The molecule has 0 atom stereocenters. The number of H-pyrrole nitrogens is 1. The fraction of sp³-hybridized carbons (Fsp3) is 0.182. The van der Waals surface area contributed by atoms with Gasteiger partial charge in [-0.2, -0.15) is 0 Å².